The highest BCUT2D eigenvalue weighted by molar-refractivity contribution is 5.85. The van der Waals surface area contributed by atoms with Crippen LogP contribution in [0.2, 0.25) is 0 Å². The van der Waals surface area contributed by atoms with Crippen LogP contribution < -0.4 is 0 Å². The summed E-state index contributed by atoms with van der Waals surface area (Å²) in [4.78, 5) is 19.9. The van der Waals surface area contributed by atoms with Crippen LogP contribution in [0.5, 0.6) is 0 Å². The Bertz CT molecular complexity index is 1890. The Labute approximate surface area is 248 Å². The van der Waals surface area contributed by atoms with E-state index in [-0.39, 0.29) is 5.82 Å². The zero-order valence-corrected chi connectivity index (χ0v) is 25.7. The summed E-state index contributed by atoms with van der Waals surface area (Å²) in [5.74, 6) is -0.140. The van der Waals surface area contributed by atoms with Gasteiger partial charge in [0, 0.05) is 44.4 Å². The first kappa shape index (κ1) is 28.6. The predicted molar refractivity (Wildman–Crippen MR) is 160 cm³/mol. The molecule has 5 aromatic rings. The predicted octanol–water partition coefficient (Wildman–Crippen LogP) is 6.58. The first-order chi connectivity index (χ1) is 20.2. The molecule has 1 aliphatic heterocycles. The van der Waals surface area contributed by atoms with Crippen molar-refractivity contribution in [2.24, 2.45) is 14.1 Å². The van der Waals surface area contributed by atoms with Crippen molar-refractivity contribution in [1.82, 2.24) is 34.0 Å². The average molecular weight is 588 g/mol. The van der Waals surface area contributed by atoms with Crippen molar-refractivity contribution in [2.45, 2.75) is 59.6 Å². The van der Waals surface area contributed by atoms with Gasteiger partial charge in [-0.05, 0) is 76.9 Å². The van der Waals surface area contributed by atoms with Gasteiger partial charge in [0.05, 0.1) is 40.2 Å². The standard InChI is InChI=1S/C32H35F2N7O2/c1-17-13-20(14-18(2)27(17)33)41-29(26-19(3)40(12-11-23(26)37-41)31(42)43-32(4,5)6)30-36-24(16-38(30)7)21-9-10-25-22(28(21)34)15-35-39(25)8/h9-10,13-16,19H,11-12H2,1-8H3/t19-/m0/s1. The van der Waals surface area contributed by atoms with Crippen LogP contribution in [0.4, 0.5) is 13.6 Å². The Morgan fingerprint density at radius 1 is 1.07 bits per heavy atom. The van der Waals surface area contributed by atoms with Gasteiger partial charge >= 0.3 is 6.09 Å². The summed E-state index contributed by atoms with van der Waals surface area (Å²) in [5, 5.41) is 9.59. The minimum absolute atomic E-state index is 0.271. The molecule has 224 valence electrons. The number of amides is 1. The molecular formula is C32H35F2N7O2. The lowest BCUT2D eigenvalue weighted by atomic mass is 9.97. The van der Waals surface area contributed by atoms with Crippen LogP contribution in [0, 0.1) is 25.5 Å². The van der Waals surface area contributed by atoms with Crippen LogP contribution in [0.15, 0.2) is 36.7 Å². The second kappa shape index (κ2) is 10.0. The SMILES string of the molecule is Cc1cc(-n2nc3c(c2-c2nc(-c4ccc5c(cnn5C)c4F)cn2C)[C@H](C)N(C(=O)OC(C)(C)C)CC3)cc(C)c1F. The van der Waals surface area contributed by atoms with Gasteiger partial charge in [-0.25, -0.2) is 23.2 Å². The number of carbonyl (C=O) groups is 1. The highest BCUT2D eigenvalue weighted by atomic mass is 19.1. The lowest BCUT2D eigenvalue weighted by Gasteiger charge is -2.35. The van der Waals surface area contributed by atoms with E-state index in [0.717, 1.165) is 11.3 Å². The number of aryl methyl sites for hydroxylation is 4. The molecular weight excluding hydrogens is 552 g/mol. The quantitative estimate of drug-likeness (QED) is 0.238. The van der Waals surface area contributed by atoms with Crippen LogP contribution in [-0.2, 0) is 25.3 Å². The fraction of sp³-hybridized carbons (Fsp3) is 0.375. The highest BCUT2D eigenvalue weighted by Crippen LogP contribution is 2.40. The molecule has 4 heterocycles. The number of carbonyl (C=O) groups excluding carboxylic acids is 1. The fourth-order valence-electron chi connectivity index (χ4n) is 5.90. The smallest absolute Gasteiger partial charge is 0.410 e. The molecule has 0 saturated heterocycles. The maximum absolute atomic E-state index is 15.7. The van der Waals surface area contributed by atoms with E-state index in [9.17, 15) is 9.18 Å². The van der Waals surface area contributed by atoms with E-state index >= 15 is 4.39 Å². The number of benzene rings is 2. The summed E-state index contributed by atoms with van der Waals surface area (Å²) in [5.41, 5.74) is 4.76. The maximum atomic E-state index is 15.7. The van der Waals surface area contributed by atoms with E-state index < -0.39 is 23.6 Å². The minimum Gasteiger partial charge on any atom is -0.444 e. The Balaban J connectivity index is 1.55. The van der Waals surface area contributed by atoms with Gasteiger partial charge in [-0.3, -0.25) is 4.68 Å². The molecule has 0 unspecified atom stereocenters. The van der Waals surface area contributed by atoms with Gasteiger partial charge in [0.1, 0.15) is 22.9 Å². The molecule has 6 rings (SSSR count). The summed E-state index contributed by atoms with van der Waals surface area (Å²) in [6.07, 6.45) is 3.38. The van der Waals surface area contributed by atoms with Crippen molar-refractivity contribution in [3.8, 4) is 28.5 Å². The zero-order chi connectivity index (χ0) is 31.0. The molecule has 43 heavy (non-hydrogen) atoms. The number of rotatable bonds is 3. The maximum Gasteiger partial charge on any atom is 0.410 e. The molecule has 3 aromatic heterocycles. The summed E-state index contributed by atoms with van der Waals surface area (Å²) in [6.45, 7) is 11.3. The number of fused-ring (bicyclic) bond motifs is 2. The molecule has 0 radical (unpaired) electrons. The number of aromatic nitrogens is 6. The third-order valence-corrected chi connectivity index (χ3v) is 8.00. The summed E-state index contributed by atoms with van der Waals surface area (Å²) in [7, 11) is 3.61. The molecule has 11 heteroatoms. The molecule has 9 nitrogen and oxygen atoms in total. The fourth-order valence-corrected chi connectivity index (χ4v) is 5.90. The summed E-state index contributed by atoms with van der Waals surface area (Å²) >= 11 is 0. The van der Waals surface area contributed by atoms with Crippen LogP contribution >= 0.6 is 0 Å². The lowest BCUT2D eigenvalue weighted by Crippen LogP contribution is -2.42. The van der Waals surface area contributed by atoms with Crippen molar-refractivity contribution in [3.05, 3.63) is 70.7 Å². The molecule has 1 atom stereocenters. The lowest BCUT2D eigenvalue weighted by molar-refractivity contribution is 0.0160. The van der Waals surface area contributed by atoms with Crippen LogP contribution in [0.1, 0.15) is 56.1 Å². The van der Waals surface area contributed by atoms with Gasteiger partial charge in [-0.1, -0.05) is 0 Å². The van der Waals surface area contributed by atoms with Crippen molar-refractivity contribution in [2.75, 3.05) is 6.54 Å². The number of imidazole rings is 1. The molecule has 0 N–H and O–H groups in total. The molecule has 0 bridgehead atoms. The van der Waals surface area contributed by atoms with Gasteiger partial charge in [0.2, 0.25) is 0 Å². The molecule has 0 spiro atoms. The van der Waals surface area contributed by atoms with Crippen molar-refractivity contribution < 1.29 is 18.3 Å². The van der Waals surface area contributed by atoms with E-state index in [1.807, 2.05) is 45.4 Å². The topological polar surface area (TPSA) is 83.0 Å². The Morgan fingerprint density at radius 3 is 2.44 bits per heavy atom. The Hall–Kier alpha value is -4.54. The zero-order valence-electron chi connectivity index (χ0n) is 25.7. The Morgan fingerprint density at radius 2 is 1.77 bits per heavy atom. The Kier molecular flexibility index (Phi) is 6.67. The number of nitrogens with zero attached hydrogens (tertiary/aromatic N) is 7. The minimum atomic E-state index is -0.652. The highest BCUT2D eigenvalue weighted by Gasteiger charge is 2.37. The van der Waals surface area contributed by atoms with E-state index in [1.54, 1.807) is 59.6 Å². The number of ether oxygens (including phenoxy) is 1. The number of hydrogen-bond donors (Lipinski definition) is 0. The second-order valence-electron chi connectivity index (χ2n) is 12.3. The van der Waals surface area contributed by atoms with Crippen molar-refractivity contribution >= 4 is 17.0 Å². The molecule has 0 aliphatic carbocycles. The normalized spacial score (nSPS) is 15.3. The average Bonchev–Trinajstić information content (AvgIpc) is 3.61. The number of halogens is 2. The van der Waals surface area contributed by atoms with Gasteiger partial charge in [-0.15, -0.1) is 0 Å². The van der Waals surface area contributed by atoms with Gasteiger partial charge in [0.25, 0.3) is 0 Å². The molecule has 0 saturated carbocycles. The van der Waals surface area contributed by atoms with Gasteiger partial charge < -0.3 is 14.2 Å². The van der Waals surface area contributed by atoms with E-state index in [2.05, 4.69) is 5.10 Å². The van der Waals surface area contributed by atoms with Crippen LogP contribution in [0.3, 0.4) is 0 Å². The molecule has 2 aromatic carbocycles. The first-order valence-electron chi connectivity index (χ1n) is 14.3. The van der Waals surface area contributed by atoms with Crippen molar-refractivity contribution in [3.63, 3.8) is 0 Å². The van der Waals surface area contributed by atoms with Crippen molar-refractivity contribution in [1.29, 1.82) is 0 Å². The molecule has 0 fully saturated rings. The first-order valence-corrected chi connectivity index (χ1v) is 14.3. The third-order valence-electron chi connectivity index (χ3n) is 8.00. The van der Waals surface area contributed by atoms with Gasteiger partial charge in [-0.2, -0.15) is 10.2 Å². The molecule has 1 amide bonds. The largest absolute Gasteiger partial charge is 0.444 e. The van der Waals surface area contributed by atoms with E-state index in [1.165, 1.54) is 6.20 Å². The van der Waals surface area contributed by atoms with Gasteiger partial charge in [0.15, 0.2) is 5.82 Å². The van der Waals surface area contributed by atoms with E-state index in [0.29, 0.717) is 63.5 Å². The van der Waals surface area contributed by atoms with Crippen LogP contribution in [0.25, 0.3) is 39.4 Å². The number of hydrogen-bond acceptors (Lipinski definition) is 5. The second-order valence-corrected chi connectivity index (χ2v) is 12.3. The molecule has 1 aliphatic rings. The van der Waals surface area contributed by atoms with Crippen LogP contribution in [-0.4, -0.2) is 52.3 Å². The monoisotopic (exact) mass is 587 g/mol. The third kappa shape index (κ3) is 4.76. The summed E-state index contributed by atoms with van der Waals surface area (Å²) in [6, 6.07) is 6.64. The van der Waals surface area contributed by atoms with E-state index in [4.69, 9.17) is 14.8 Å². The summed E-state index contributed by atoms with van der Waals surface area (Å²) < 4.78 is 41.4.